The van der Waals surface area contributed by atoms with Crippen LogP contribution in [0.5, 0.6) is 0 Å². The molecule has 1 unspecified atom stereocenters. The maximum absolute atomic E-state index is 12.5. The number of carbonyl (C=O) groups excluding carboxylic acids is 1. The third-order valence-corrected chi connectivity index (χ3v) is 3.88. The second-order valence-corrected chi connectivity index (χ2v) is 5.42. The zero-order valence-electron chi connectivity index (χ0n) is 12.1. The van der Waals surface area contributed by atoms with E-state index < -0.39 is 0 Å². The smallest absolute Gasteiger partial charge is 0.240 e. The fourth-order valence-corrected chi connectivity index (χ4v) is 2.71. The fourth-order valence-electron chi connectivity index (χ4n) is 2.71. The summed E-state index contributed by atoms with van der Waals surface area (Å²) >= 11 is 0. The number of benzene rings is 1. The van der Waals surface area contributed by atoms with E-state index in [1.54, 1.807) is 11.1 Å². The summed E-state index contributed by atoms with van der Waals surface area (Å²) in [5, 5.41) is 3.33. The van der Waals surface area contributed by atoms with Gasteiger partial charge in [-0.2, -0.15) is 0 Å². The molecule has 0 fully saturated rings. The molecule has 0 spiro atoms. The van der Waals surface area contributed by atoms with Crippen LogP contribution in [-0.4, -0.2) is 28.9 Å². The van der Waals surface area contributed by atoms with Gasteiger partial charge >= 0.3 is 0 Å². The number of rotatable bonds is 3. The normalized spacial score (nSPS) is 17.1. The van der Waals surface area contributed by atoms with Crippen molar-refractivity contribution in [3.05, 3.63) is 65.5 Å². The van der Waals surface area contributed by atoms with Gasteiger partial charge in [-0.15, -0.1) is 0 Å². The number of amides is 1. The van der Waals surface area contributed by atoms with E-state index >= 15 is 0 Å². The standard InChI is InChI=1S/C17H19N3O/c1-20(12-15-8-4-5-9-18-15)17(21)16-10-13-6-2-3-7-14(13)11-19-16/h2-9,16,19H,10-12H2,1H3. The molecule has 0 saturated heterocycles. The monoisotopic (exact) mass is 281 g/mol. The summed E-state index contributed by atoms with van der Waals surface area (Å²) in [6, 6.07) is 13.9. The molecule has 4 nitrogen and oxygen atoms in total. The molecular formula is C17H19N3O. The summed E-state index contributed by atoms with van der Waals surface area (Å²) in [5.74, 6) is 0.121. The minimum absolute atomic E-state index is 0.121. The maximum atomic E-state index is 12.5. The van der Waals surface area contributed by atoms with Crippen molar-refractivity contribution in [1.29, 1.82) is 0 Å². The van der Waals surface area contributed by atoms with Crippen LogP contribution >= 0.6 is 0 Å². The van der Waals surface area contributed by atoms with E-state index in [-0.39, 0.29) is 11.9 Å². The van der Waals surface area contributed by atoms with E-state index in [2.05, 4.69) is 22.4 Å². The second kappa shape index (κ2) is 6.06. The van der Waals surface area contributed by atoms with Crippen LogP contribution in [0.15, 0.2) is 48.7 Å². The Morgan fingerprint density at radius 3 is 2.76 bits per heavy atom. The first-order valence-electron chi connectivity index (χ1n) is 7.19. The summed E-state index contributed by atoms with van der Waals surface area (Å²) < 4.78 is 0. The molecule has 1 amide bonds. The molecule has 0 bridgehead atoms. The molecule has 108 valence electrons. The number of fused-ring (bicyclic) bond motifs is 1. The molecule has 3 rings (SSSR count). The van der Waals surface area contributed by atoms with Gasteiger partial charge in [0.15, 0.2) is 0 Å². The highest BCUT2D eigenvalue weighted by Gasteiger charge is 2.26. The molecule has 21 heavy (non-hydrogen) atoms. The van der Waals surface area contributed by atoms with Crippen molar-refractivity contribution >= 4 is 5.91 Å². The number of nitrogens with zero attached hydrogens (tertiary/aromatic N) is 2. The van der Waals surface area contributed by atoms with Gasteiger partial charge in [-0.1, -0.05) is 30.3 Å². The quantitative estimate of drug-likeness (QED) is 0.932. The third-order valence-electron chi connectivity index (χ3n) is 3.88. The second-order valence-electron chi connectivity index (χ2n) is 5.42. The van der Waals surface area contributed by atoms with Crippen LogP contribution in [0.2, 0.25) is 0 Å². The number of hydrogen-bond acceptors (Lipinski definition) is 3. The van der Waals surface area contributed by atoms with E-state index in [0.717, 1.165) is 18.7 Å². The summed E-state index contributed by atoms with van der Waals surface area (Å²) in [5.41, 5.74) is 3.46. The van der Waals surface area contributed by atoms with Gasteiger partial charge in [-0.05, 0) is 29.7 Å². The number of nitrogens with one attached hydrogen (secondary N) is 1. The first-order chi connectivity index (χ1) is 10.2. The van der Waals surface area contributed by atoms with Crippen LogP contribution in [0.4, 0.5) is 0 Å². The number of carbonyl (C=O) groups is 1. The topological polar surface area (TPSA) is 45.2 Å². The Morgan fingerprint density at radius 2 is 2.00 bits per heavy atom. The minimum atomic E-state index is -0.145. The fraction of sp³-hybridized carbons (Fsp3) is 0.294. The van der Waals surface area contributed by atoms with Crippen molar-refractivity contribution in [3.8, 4) is 0 Å². The van der Waals surface area contributed by atoms with E-state index in [1.807, 2.05) is 37.4 Å². The van der Waals surface area contributed by atoms with Crippen LogP contribution in [0.25, 0.3) is 0 Å². The van der Waals surface area contributed by atoms with E-state index in [9.17, 15) is 4.79 Å². The molecule has 1 atom stereocenters. The molecule has 1 N–H and O–H groups in total. The summed E-state index contributed by atoms with van der Waals surface area (Å²) in [6.07, 6.45) is 2.50. The molecule has 1 aromatic carbocycles. The van der Waals surface area contributed by atoms with Crippen LogP contribution in [-0.2, 0) is 24.3 Å². The first-order valence-corrected chi connectivity index (χ1v) is 7.19. The van der Waals surface area contributed by atoms with Crippen LogP contribution in [0.1, 0.15) is 16.8 Å². The summed E-state index contributed by atoms with van der Waals surface area (Å²) in [6.45, 7) is 1.30. The zero-order valence-corrected chi connectivity index (χ0v) is 12.1. The van der Waals surface area contributed by atoms with Gasteiger partial charge in [0.05, 0.1) is 18.3 Å². The molecular weight excluding hydrogens is 262 g/mol. The summed E-state index contributed by atoms with van der Waals surface area (Å²) in [4.78, 5) is 18.6. The minimum Gasteiger partial charge on any atom is -0.338 e. The Kier molecular flexibility index (Phi) is 3.97. The van der Waals surface area contributed by atoms with Crippen LogP contribution in [0.3, 0.4) is 0 Å². The van der Waals surface area contributed by atoms with E-state index in [1.165, 1.54) is 11.1 Å². The van der Waals surface area contributed by atoms with Crippen molar-refractivity contribution in [3.63, 3.8) is 0 Å². The molecule has 2 heterocycles. The zero-order chi connectivity index (χ0) is 14.7. The lowest BCUT2D eigenvalue weighted by Gasteiger charge is -2.29. The molecule has 2 aromatic rings. The Morgan fingerprint density at radius 1 is 1.24 bits per heavy atom. The van der Waals surface area contributed by atoms with Gasteiger partial charge in [0, 0.05) is 19.8 Å². The molecule has 0 radical (unpaired) electrons. The number of hydrogen-bond donors (Lipinski definition) is 1. The average Bonchev–Trinajstić information content (AvgIpc) is 2.54. The van der Waals surface area contributed by atoms with Gasteiger partial charge < -0.3 is 10.2 Å². The van der Waals surface area contributed by atoms with Gasteiger partial charge in [-0.25, -0.2) is 0 Å². The molecule has 0 saturated carbocycles. The number of likely N-dealkylation sites (N-methyl/N-ethyl adjacent to an activating group) is 1. The summed E-state index contributed by atoms with van der Waals surface area (Å²) in [7, 11) is 1.83. The average molecular weight is 281 g/mol. The largest absolute Gasteiger partial charge is 0.338 e. The Labute approximate surface area is 124 Å². The first kappa shape index (κ1) is 13.8. The number of pyridine rings is 1. The van der Waals surface area contributed by atoms with E-state index in [4.69, 9.17) is 0 Å². The van der Waals surface area contributed by atoms with Gasteiger partial charge in [0.25, 0.3) is 0 Å². The molecule has 4 heteroatoms. The highest BCUT2D eigenvalue weighted by atomic mass is 16.2. The van der Waals surface area contributed by atoms with Crippen molar-refractivity contribution in [2.75, 3.05) is 7.05 Å². The van der Waals surface area contributed by atoms with Crippen molar-refractivity contribution in [2.24, 2.45) is 0 Å². The van der Waals surface area contributed by atoms with Crippen molar-refractivity contribution < 1.29 is 4.79 Å². The molecule has 0 aliphatic carbocycles. The van der Waals surface area contributed by atoms with Crippen molar-refractivity contribution in [1.82, 2.24) is 15.2 Å². The predicted molar refractivity (Wildman–Crippen MR) is 81.5 cm³/mol. The van der Waals surface area contributed by atoms with E-state index in [0.29, 0.717) is 6.54 Å². The predicted octanol–water partition coefficient (Wildman–Crippen LogP) is 1.75. The molecule has 1 aromatic heterocycles. The number of aromatic nitrogens is 1. The lowest BCUT2D eigenvalue weighted by molar-refractivity contribution is -0.132. The Balaban J connectivity index is 1.66. The molecule has 1 aliphatic rings. The highest BCUT2D eigenvalue weighted by molar-refractivity contribution is 5.82. The Bertz CT molecular complexity index is 627. The SMILES string of the molecule is CN(Cc1ccccn1)C(=O)C1Cc2ccccc2CN1. The highest BCUT2D eigenvalue weighted by Crippen LogP contribution is 2.17. The van der Waals surface area contributed by atoms with Gasteiger partial charge in [0.2, 0.25) is 5.91 Å². The van der Waals surface area contributed by atoms with Crippen LogP contribution in [0, 0.1) is 0 Å². The lowest BCUT2D eigenvalue weighted by atomic mass is 9.95. The third kappa shape index (κ3) is 3.11. The van der Waals surface area contributed by atoms with Crippen LogP contribution < -0.4 is 5.32 Å². The van der Waals surface area contributed by atoms with Gasteiger partial charge in [0.1, 0.15) is 0 Å². The molecule has 1 aliphatic heterocycles. The maximum Gasteiger partial charge on any atom is 0.240 e. The van der Waals surface area contributed by atoms with Crippen molar-refractivity contribution in [2.45, 2.75) is 25.6 Å². The Hall–Kier alpha value is -2.20. The van der Waals surface area contributed by atoms with Gasteiger partial charge in [-0.3, -0.25) is 9.78 Å². The lowest BCUT2D eigenvalue weighted by Crippen LogP contribution is -2.48.